The highest BCUT2D eigenvalue weighted by Crippen LogP contribution is 2.29. The first-order valence-electron chi connectivity index (χ1n) is 6.53. The van der Waals surface area contributed by atoms with Crippen molar-refractivity contribution in [2.75, 3.05) is 11.9 Å². The topological polar surface area (TPSA) is 78.4 Å². The van der Waals surface area contributed by atoms with Crippen LogP contribution in [0.25, 0.3) is 0 Å². The number of benzene rings is 1. The third-order valence-corrected chi connectivity index (χ3v) is 3.63. The Hall–Kier alpha value is -1.46. The molecule has 0 heterocycles. The van der Waals surface area contributed by atoms with Gasteiger partial charge in [-0.3, -0.25) is 4.79 Å². The number of rotatable bonds is 6. The second-order valence-corrected chi connectivity index (χ2v) is 5.89. The standard InChI is InChI=1S/C14H18Cl2N2O3/c1-8(2)6-9(13(19)20)7-17-14(21)18-11-5-3-4-10(15)12(11)16/h3-5,8-9H,6-7H2,1-2H3,(H,19,20)(H2,17,18,21). The molecular formula is C14H18Cl2N2O3. The third-order valence-electron chi connectivity index (χ3n) is 2.81. The highest BCUT2D eigenvalue weighted by Gasteiger charge is 2.19. The summed E-state index contributed by atoms with van der Waals surface area (Å²) in [5.41, 5.74) is 0.373. The fourth-order valence-corrected chi connectivity index (χ4v) is 2.17. The van der Waals surface area contributed by atoms with E-state index in [9.17, 15) is 9.59 Å². The zero-order valence-electron chi connectivity index (χ0n) is 11.8. The van der Waals surface area contributed by atoms with Crippen molar-refractivity contribution in [2.45, 2.75) is 20.3 Å². The van der Waals surface area contributed by atoms with Crippen LogP contribution in [0, 0.1) is 11.8 Å². The van der Waals surface area contributed by atoms with Gasteiger partial charge in [-0.05, 0) is 24.5 Å². The SMILES string of the molecule is CC(C)CC(CNC(=O)Nc1cccc(Cl)c1Cl)C(=O)O. The molecule has 1 aromatic rings. The molecule has 0 aliphatic rings. The largest absolute Gasteiger partial charge is 0.481 e. The molecule has 0 aliphatic heterocycles. The van der Waals surface area contributed by atoms with E-state index in [4.69, 9.17) is 28.3 Å². The molecule has 1 atom stereocenters. The van der Waals surface area contributed by atoms with E-state index in [0.717, 1.165) is 0 Å². The molecule has 0 saturated heterocycles. The maximum Gasteiger partial charge on any atom is 0.319 e. The van der Waals surface area contributed by atoms with Gasteiger partial charge in [0, 0.05) is 6.54 Å². The van der Waals surface area contributed by atoms with Crippen LogP contribution in [0.4, 0.5) is 10.5 Å². The molecule has 1 aromatic carbocycles. The van der Waals surface area contributed by atoms with Crippen LogP contribution >= 0.6 is 23.2 Å². The van der Waals surface area contributed by atoms with Gasteiger partial charge in [0.25, 0.3) is 0 Å². The molecule has 1 rings (SSSR count). The van der Waals surface area contributed by atoms with Crippen LogP contribution in [0.3, 0.4) is 0 Å². The van der Waals surface area contributed by atoms with Gasteiger partial charge < -0.3 is 15.7 Å². The molecule has 0 bridgehead atoms. The summed E-state index contributed by atoms with van der Waals surface area (Å²) in [6.45, 7) is 3.92. The molecule has 5 nitrogen and oxygen atoms in total. The molecule has 21 heavy (non-hydrogen) atoms. The van der Waals surface area contributed by atoms with Crippen LogP contribution < -0.4 is 10.6 Å². The summed E-state index contributed by atoms with van der Waals surface area (Å²) in [5.74, 6) is -1.31. The first-order chi connectivity index (χ1) is 9.81. The zero-order chi connectivity index (χ0) is 16.0. The lowest BCUT2D eigenvalue weighted by Gasteiger charge is -2.16. The van der Waals surface area contributed by atoms with Gasteiger partial charge in [-0.1, -0.05) is 43.1 Å². The number of amides is 2. The Morgan fingerprint density at radius 2 is 1.95 bits per heavy atom. The van der Waals surface area contributed by atoms with Crippen molar-refractivity contribution in [3.8, 4) is 0 Å². The molecule has 0 fully saturated rings. The summed E-state index contributed by atoms with van der Waals surface area (Å²) in [6.07, 6.45) is 0.494. The summed E-state index contributed by atoms with van der Waals surface area (Å²) in [5, 5.41) is 14.7. The number of carboxylic acid groups (broad SMARTS) is 1. The van der Waals surface area contributed by atoms with E-state index in [1.54, 1.807) is 18.2 Å². The number of halogens is 2. The van der Waals surface area contributed by atoms with Crippen LogP contribution in [0.15, 0.2) is 18.2 Å². The molecule has 0 aromatic heterocycles. The molecule has 3 N–H and O–H groups in total. The molecule has 2 amide bonds. The minimum Gasteiger partial charge on any atom is -0.481 e. The summed E-state index contributed by atoms with van der Waals surface area (Å²) in [4.78, 5) is 22.9. The fraction of sp³-hybridized carbons (Fsp3) is 0.429. The number of carbonyl (C=O) groups is 2. The van der Waals surface area contributed by atoms with Crippen molar-refractivity contribution in [3.63, 3.8) is 0 Å². The average Bonchev–Trinajstić information content (AvgIpc) is 2.39. The number of anilines is 1. The van der Waals surface area contributed by atoms with Gasteiger partial charge in [0.2, 0.25) is 0 Å². The van der Waals surface area contributed by atoms with Gasteiger partial charge in [0.1, 0.15) is 0 Å². The number of aliphatic carboxylic acids is 1. The van der Waals surface area contributed by atoms with Crippen molar-refractivity contribution in [3.05, 3.63) is 28.2 Å². The van der Waals surface area contributed by atoms with Gasteiger partial charge in [-0.25, -0.2) is 4.79 Å². The van der Waals surface area contributed by atoms with Crippen LogP contribution in [-0.2, 0) is 4.79 Å². The molecule has 0 aliphatic carbocycles. The lowest BCUT2D eigenvalue weighted by molar-refractivity contribution is -0.142. The smallest absolute Gasteiger partial charge is 0.319 e. The Morgan fingerprint density at radius 1 is 1.29 bits per heavy atom. The number of nitrogens with one attached hydrogen (secondary N) is 2. The Kier molecular flexibility index (Phi) is 6.78. The molecular weight excluding hydrogens is 315 g/mol. The highest BCUT2D eigenvalue weighted by atomic mass is 35.5. The number of hydrogen-bond donors (Lipinski definition) is 3. The van der Waals surface area contributed by atoms with E-state index in [1.807, 2.05) is 13.8 Å². The van der Waals surface area contributed by atoms with E-state index >= 15 is 0 Å². The lowest BCUT2D eigenvalue weighted by atomic mass is 9.97. The number of urea groups is 1. The van der Waals surface area contributed by atoms with E-state index in [2.05, 4.69) is 10.6 Å². The Labute approximate surface area is 133 Å². The molecule has 0 saturated carbocycles. The molecule has 0 spiro atoms. The summed E-state index contributed by atoms with van der Waals surface area (Å²) in [6, 6.07) is 4.35. The summed E-state index contributed by atoms with van der Waals surface area (Å²) in [7, 11) is 0. The number of hydrogen-bond acceptors (Lipinski definition) is 2. The van der Waals surface area contributed by atoms with E-state index in [1.165, 1.54) is 0 Å². The minimum atomic E-state index is -0.926. The summed E-state index contributed by atoms with van der Waals surface area (Å²) >= 11 is 11.8. The van der Waals surface area contributed by atoms with Gasteiger partial charge in [-0.2, -0.15) is 0 Å². The third kappa shape index (κ3) is 5.81. The van der Waals surface area contributed by atoms with Crippen LogP contribution in [0.2, 0.25) is 10.0 Å². The number of carboxylic acids is 1. The number of carbonyl (C=O) groups excluding carboxylic acids is 1. The molecule has 116 valence electrons. The monoisotopic (exact) mass is 332 g/mol. The molecule has 1 unspecified atom stereocenters. The maximum atomic E-state index is 11.8. The lowest BCUT2D eigenvalue weighted by Crippen LogP contribution is -2.36. The van der Waals surface area contributed by atoms with Crippen LogP contribution in [0.5, 0.6) is 0 Å². The minimum absolute atomic E-state index is 0.0531. The van der Waals surface area contributed by atoms with Crippen molar-refractivity contribution in [2.24, 2.45) is 11.8 Å². The molecule has 0 radical (unpaired) electrons. The van der Waals surface area contributed by atoms with Crippen molar-refractivity contribution in [1.82, 2.24) is 5.32 Å². The first kappa shape index (κ1) is 17.6. The van der Waals surface area contributed by atoms with Crippen LogP contribution in [0.1, 0.15) is 20.3 Å². The predicted octanol–water partition coefficient (Wildman–Crippen LogP) is 3.86. The maximum absolute atomic E-state index is 11.8. The first-order valence-corrected chi connectivity index (χ1v) is 7.28. The second kappa shape index (κ2) is 8.10. The van der Waals surface area contributed by atoms with Gasteiger partial charge in [0.05, 0.1) is 21.7 Å². The average molecular weight is 333 g/mol. The van der Waals surface area contributed by atoms with Gasteiger partial charge >= 0.3 is 12.0 Å². The quantitative estimate of drug-likeness (QED) is 0.740. The van der Waals surface area contributed by atoms with Gasteiger partial charge in [-0.15, -0.1) is 0 Å². The highest BCUT2D eigenvalue weighted by molar-refractivity contribution is 6.43. The van der Waals surface area contributed by atoms with E-state index < -0.39 is 17.9 Å². The Morgan fingerprint density at radius 3 is 2.52 bits per heavy atom. The van der Waals surface area contributed by atoms with Crippen molar-refractivity contribution in [1.29, 1.82) is 0 Å². The van der Waals surface area contributed by atoms with Gasteiger partial charge in [0.15, 0.2) is 0 Å². The van der Waals surface area contributed by atoms with Crippen molar-refractivity contribution < 1.29 is 14.7 Å². The Bertz CT molecular complexity index is 521. The predicted molar refractivity (Wildman–Crippen MR) is 84.1 cm³/mol. The van der Waals surface area contributed by atoms with E-state index in [-0.39, 0.29) is 17.5 Å². The van der Waals surface area contributed by atoms with Crippen LogP contribution in [-0.4, -0.2) is 23.7 Å². The Balaban J connectivity index is 2.57. The second-order valence-electron chi connectivity index (χ2n) is 5.10. The van der Waals surface area contributed by atoms with E-state index in [0.29, 0.717) is 17.1 Å². The molecule has 7 heteroatoms. The summed E-state index contributed by atoms with van der Waals surface area (Å²) < 4.78 is 0. The zero-order valence-corrected chi connectivity index (χ0v) is 13.3. The normalized spacial score (nSPS) is 12.0. The fourth-order valence-electron chi connectivity index (χ4n) is 1.82. The van der Waals surface area contributed by atoms with Crippen molar-refractivity contribution >= 4 is 40.9 Å².